The van der Waals surface area contributed by atoms with Crippen LogP contribution in [0.25, 0.3) is 22.0 Å². The van der Waals surface area contributed by atoms with Gasteiger partial charge in [0.2, 0.25) is 0 Å². The second-order valence-electron chi connectivity index (χ2n) is 5.20. The molecule has 0 unspecified atom stereocenters. The zero-order valence-electron chi connectivity index (χ0n) is 12.5. The number of fused-ring (bicyclic) bond motifs is 1. The maximum Gasteiger partial charge on any atom is 0.256 e. The molecule has 0 amide bonds. The number of rotatable bonds is 5. The lowest BCUT2D eigenvalue weighted by molar-refractivity contribution is 0.317. The Morgan fingerprint density at radius 2 is 1.87 bits per heavy atom. The lowest BCUT2D eigenvalue weighted by Crippen LogP contribution is -2.12. The third-order valence-corrected chi connectivity index (χ3v) is 3.59. The van der Waals surface area contributed by atoms with Crippen LogP contribution in [0.15, 0.2) is 53.3 Å². The van der Waals surface area contributed by atoms with Crippen molar-refractivity contribution in [2.24, 2.45) is 5.73 Å². The first kappa shape index (κ1) is 15.2. The third-order valence-electron chi connectivity index (χ3n) is 3.59. The predicted molar refractivity (Wildman–Crippen MR) is 89.1 cm³/mol. The standard InChI is InChI=1S/C18H17FN2O2/c19-13-7-8-14-15(11-13)18(22)21-16(12-5-2-1-3-6-12)17(14)23-10-4-9-20/h1-3,5-8,11H,4,9-10,20H2,(H,21,22). The molecule has 1 heterocycles. The van der Waals surface area contributed by atoms with Gasteiger partial charge in [-0.2, -0.15) is 0 Å². The number of hydrogen-bond donors (Lipinski definition) is 2. The Kier molecular flexibility index (Phi) is 4.39. The zero-order valence-corrected chi connectivity index (χ0v) is 12.5. The molecule has 0 aliphatic rings. The first-order valence-corrected chi connectivity index (χ1v) is 7.44. The van der Waals surface area contributed by atoms with Gasteiger partial charge in [-0.05, 0) is 31.2 Å². The highest BCUT2D eigenvalue weighted by Crippen LogP contribution is 2.33. The van der Waals surface area contributed by atoms with Gasteiger partial charge in [0.15, 0.2) is 5.75 Å². The second kappa shape index (κ2) is 6.62. The van der Waals surface area contributed by atoms with Gasteiger partial charge in [-0.15, -0.1) is 0 Å². The Morgan fingerprint density at radius 3 is 2.61 bits per heavy atom. The van der Waals surface area contributed by atoms with Crippen molar-refractivity contribution in [3.63, 3.8) is 0 Å². The van der Waals surface area contributed by atoms with E-state index >= 15 is 0 Å². The van der Waals surface area contributed by atoms with Crippen molar-refractivity contribution in [3.8, 4) is 17.0 Å². The van der Waals surface area contributed by atoms with Crippen LogP contribution in [0.1, 0.15) is 6.42 Å². The molecular formula is C18H17FN2O2. The molecule has 0 saturated carbocycles. The van der Waals surface area contributed by atoms with Crippen molar-refractivity contribution in [1.82, 2.24) is 4.98 Å². The van der Waals surface area contributed by atoms with Crippen molar-refractivity contribution in [2.75, 3.05) is 13.2 Å². The highest BCUT2D eigenvalue weighted by molar-refractivity contribution is 5.92. The second-order valence-corrected chi connectivity index (χ2v) is 5.20. The molecule has 0 fully saturated rings. The molecule has 5 heteroatoms. The summed E-state index contributed by atoms with van der Waals surface area (Å²) in [4.78, 5) is 15.1. The molecule has 1 aromatic heterocycles. The molecule has 0 spiro atoms. The van der Waals surface area contributed by atoms with Crippen LogP contribution in [-0.2, 0) is 0 Å². The number of ether oxygens (including phenoxy) is 1. The van der Waals surface area contributed by atoms with Crippen LogP contribution in [0, 0.1) is 5.82 Å². The molecule has 3 aromatic rings. The number of benzene rings is 2. The lowest BCUT2D eigenvalue weighted by atomic mass is 10.1. The maximum atomic E-state index is 13.5. The van der Waals surface area contributed by atoms with E-state index in [1.807, 2.05) is 30.3 Å². The summed E-state index contributed by atoms with van der Waals surface area (Å²) in [5, 5.41) is 0.860. The third kappa shape index (κ3) is 3.10. The number of nitrogens with one attached hydrogen (secondary N) is 1. The fourth-order valence-electron chi connectivity index (χ4n) is 2.49. The first-order chi connectivity index (χ1) is 11.2. The number of nitrogens with two attached hydrogens (primary N) is 1. The topological polar surface area (TPSA) is 68.1 Å². The molecule has 0 saturated heterocycles. The Balaban J connectivity index is 2.23. The van der Waals surface area contributed by atoms with Gasteiger partial charge in [-0.3, -0.25) is 4.79 Å². The SMILES string of the molecule is NCCCOc1c(-c2ccccc2)[nH]c(=O)c2cc(F)ccc12. The van der Waals surface area contributed by atoms with E-state index in [2.05, 4.69) is 4.98 Å². The van der Waals surface area contributed by atoms with Crippen LogP contribution in [0.3, 0.4) is 0 Å². The molecule has 4 nitrogen and oxygen atoms in total. The van der Waals surface area contributed by atoms with Crippen LogP contribution < -0.4 is 16.0 Å². The average Bonchev–Trinajstić information content (AvgIpc) is 2.58. The summed E-state index contributed by atoms with van der Waals surface area (Å²) >= 11 is 0. The van der Waals surface area contributed by atoms with Crippen LogP contribution in [0.4, 0.5) is 4.39 Å². The minimum atomic E-state index is -0.455. The summed E-state index contributed by atoms with van der Waals surface area (Å²) in [5.74, 6) is 0.0858. The molecule has 118 valence electrons. The minimum absolute atomic E-state index is 0.271. The van der Waals surface area contributed by atoms with E-state index in [9.17, 15) is 9.18 Å². The summed E-state index contributed by atoms with van der Waals surface area (Å²) in [6.07, 6.45) is 0.691. The molecule has 0 aliphatic carbocycles. The van der Waals surface area contributed by atoms with Crippen LogP contribution in [0.2, 0.25) is 0 Å². The number of H-pyrrole nitrogens is 1. The van der Waals surface area contributed by atoms with E-state index in [4.69, 9.17) is 10.5 Å². The number of pyridine rings is 1. The van der Waals surface area contributed by atoms with Crippen LogP contribution >= 0.6 is 0 Å². The lowest BCUT2D eigenvalue weighted by Gasteiger charge is -2.14. The van der Waals surface area contributed by atoms with E-state index in [0.717, 1.165) is 5.56 Å². The fourth-order valence-corrected chi connectivity index (χ4v) is 2.49. The molecule has 23 heavy (non-hydrogen) atoms. The van der Waals surface area contributed by atoms with Crippen LogP contribution in [-0.4, -0.2) is 18.1 Å². The first-order valence-electron chi connectivity index (χ1n) is 7.44. The Morgan fingerprint density at radius 1 is 1.09 bits per heavy atom. The zero-order chi connectivity index (χ0) is 16.2. The van der Waals surface area contributed by atoms with E-state index in [0.29, 0.717) is 36.4 Å². The summed E-state index contributed by atoms with van der Waals surface area (Å²) < 4.78 is 19.3. The van der Waals surface area contributed by atoms with Gasteiger partial charge in [0.05, 0.1) is 17.7 Å². The highest BCUT2D eigenvalue weighted by Gasteiger charge is 2.15. The molecule has 3 N–H and O–H groups in total. The Bertz CT molecular complexity index is 875. The Hall–Kier alpha value is -2.66. The van der Waals surface area contributed by atoms with Gasteiger partial charge >= 0.3 is 0 Å². The van der Waals surface area contributed by atoms with Crippen LogP contribution in [0.5, 0.6) is 5.75 Å². The molecule has 3 rings (SSSR count). The van der Waals surface area contributed by atoms with E-state index in [1.165, 1.54) is 12.1 Å². The molecule has 2 aromatic carbocycles. The number of halogens is 1. The van der Waals surface area contributed by atoms with E-state index in [1.54, 1.807) is 6.07 Å². The van der Waals surface area contributed by atoms with Gasteiger partial charge in [-0.25, -0.2) is 4.39 Å². The summed E-state index contributed by atoms with van der Waals surface area (Å²) in [6.45, 7) is 0.936. The minimum Gasteiger partial charge on any atom is -0.491 e. The summed E-state index contributed by atoms with van der Waals surface area (Å²) in [6, 6.07) is 13.5. The van der Waals surface area contributed by atoms with Gasteiger partial charge in [0, 0.05) is 10.9 Å². The fraction of sp³-hybridized carbons (Fsp3) is 0.167. The molecule has 0 bridgehead atoms. The summed E-state index contributed by atoms with van der Waals surface area (Å²) in [7, 11) is 0. The van der Waals surface area contributed by atoms with Crippen molar-refractivity contribution in [1.29, 1.82) is 0 Å². The van der Waals surface area contributed by atoms with E-state index < -0.39 is 5.82 Å². The van der Waals surface area contributed by atoms with Gasteiger partial charge in [0.25, 0.3) is 5.56 Å². The normalized spacial score (nSPS) is 10.9. The average molecular weight is 312 g/mol. The molecule has 0 aliphatic heterocycles. The maximum absolute atomic E-state index is 13.5. The number of aromatic amines is 1. The van der Waals surface area contributed by atoms with Crippen molar-refractivity contribution in [3.05, 3.63) is 64.7 Å². The van der Waals surface area contributed by atoms with Gasteiger partial charge < -0.3 is 15.5 Å². The summed E-state index contributed by atoms with van der Waals surface area (Å²) in [5.41, 5.74) is 6.59. The quantitative estimate of drug-likeness (QED) is 0.711. The molecule has 0 atom stereocenters. The molecular weight excluding hydrogens is 295 g/mol. The van der Waals surface area contributed by atoms with Crippen molar-refractivity contribution < 1.29 is 9.13 Å². The van der Waals surface area contributed by atoms with Gasteiger partial charge in [-0.1, -0.05) is 30.3 Å². The monoisotopic (exact) mass is 312 g/mol. The highest BCUT2D eigenvalue weighted by atomic mass is 19.1. The van der Waals surface area contributed by atoms with Crippen molar-refractivity contribution in [2.45, 2.75) is 6.42 Å². The number of hydrogen-bond acceptors (Lipinski definition) is 3. The predicted octanol–water partition coefficient (Wildman–Crippen LogP) is 3.06. The smallest absolute Gasteiger partial charge is 0.256 e. The molecule has 0 radical (unpaired) electrons. The van der Waals surface area contributed by atoms with Crippen molar-refractivity contribution >= 4 is 10.8 Å². The number of aromatic nitrogens is 1. The largest absolute Gasteiger partial charge is 0.491 e. The van der Waals surface area contributed by atoms with Gasteiger partial charge in [0.1, 0.15) is 5.82 Å². The Labute approximate surface area is 132 Å². The van der Waals surface area contributed by atoms with E-state index in [-0.39, 0.29) is 10.9 Å².